The lowest BCUT2D eigenvalue weighted by Gasteiger charge is -2.18. The summed E-state index contributed by atoms with van der Waals surface area (Å²) >= 11 is 0. The fourth-order valence-electron chi connectivity index (χ4n) is 2.80. The van der Waals surface area contributed by atoms with Crippen molar-refractivity contribution in [1.82, 2.24) is 20.2 Å². The number of hydrogen-bond donors (Lipinski definition) is 1. The second-order valence-electron chi connectivity index (χ2n) is 5.99. The van der Waals surface area contributed by atoms with Gasteiger partial charge in [0.05, 0.1) is 17.4 Å². The average molecular weight is 342 g/mol. The lowest BCUT2D eigenvalue weighted by atomic mass is 10.2. The Balaban J connectivity index is 1.57. The molecule has 0 aliphatic rings. The largest absolute Gasteiger partial charge is 0.354 e. The summed E-state index contributed by atoms with van der Waals surface area (Å²) in [6.07, 6.45) is 3.44. The molecule has 128 valence electrons. The zero-order chi connectivity index (χ0) is 17.8. The van der Waals surface area contributed by atoms with Crippen molar-refractivity contribution in [3.8, 4) is 0 Å². The van der Waals surface area contributed by atoms with Crippen molar-refractivity contribution in [3.05, 3.63) is 78.6 Å². The highest BCUT2D eigenvalue weighted by atomic mass is 15.3. The van der Waals surface area contributed by atoms with Crippen LogP contribution in [-0.4, -0.2) is 27.2 Å². The number of aromatic nitrogens is 4. The third-order valence-electron chi connectivity index (χ3n) is 4.08. The molecule has 0 bridgehead atoms. The van der Waals surface area contributed by atoms with Gasteiger partial charge in [-0.1, -0.05) is 48.5 Å². The zero-order valence-corrected chi connectivity index (χ0v) is 14.4. The molecule has 2 heterocycles. The van der Waals surface area contributed by atoms with Crippen molar-refractivity contribution >= 4 is 28.4 Å². The number of nitrogens with zero attached hydrogens (tertiary/aromatic N) is 5. The van der Waals surface area contributed by atoms with Crippen LogP contribution in [0.4, 0.5) is 17.5 Å². The number of pyridine rings is 1. The number of anilines is 3. The lowest BCUT2D eigenvalue weighted by Crippen LogP contribution is -2.18. The van der Waals surface area contributed by atoms with E-state index >= 15 is 0 Å². The van der Waals surface area contributed by atoms with Crippen LogP contribution in [0.5, 0.6) is 0 Å². The Bertz CT molecular complexity index is 1010. The molecule has 0 atom stereocenters. The SMILES string of the molecule is CN(Cc1ccccc1)c1cnnc(Nc2cccc3cccnc23)n1. The van der Waals surface area contributed by atoms with Crippen molar-refractivity contribution in [2.45, 2.75) is 6.54 Å². The maximum Gasteiger partial charge on any atom is 0.249 e. The first-order valence-corrected chi connectivity index (χ1v) is 8.35. The molecule has 0 fully saturated rings. The number of rotatable bonds is 5. The van der Waals surface area contributed by atoms with Gasteiger partial charge in [0, 0.05) is 25.2 Å². The molecular weight excluding hydrogens is 324 g/mol. The Kier molecular flexibility index (Phi) is 4.38. The molecule has 0 saturated heterocycles. The Morgan fingerprint density at radius 2 is 1.81 bits per heavy atom. The van der Waals surface area contributed by atoms with Crippen LogP contribution in [-0.2, 0) is 6.54 Å². The molecule has 0 amide bonds. The van der Waals surface area contributed by atoms with E-state index in [0.717, 1.165) is 29.0 Å². The van der Waals surface area contributed by atoms with E-state index in [1.807, 2.05) is 60.5 Å². The van der Waals surface area contributed by atoms with Gasteiger partial charge in [0.25, 0.3) is 0 Å². The van der Waals surface area contributed by atoms with Crippen LogP contribution in [0.1, 0.15) is 5.56 Å². The second-order valence-corrected chi connectivity index (χ2v) is 5.99. The third kappa shape index (κ3) is 3.44. The summed E-state index contributed by atoms with van der Waals surface area (Å²) < 4.78 is 0. The first-order chi connectivity index (χ1) is 12.8. The molecule has 1 N–H and O–H groups in total. The molecule has 4 rings (SSSR count). The molecule has 2 aromatic carbocycles. The van der Waals surface area contributed by atoms with Gasteiger partial charge in [0.15, 0.2) is 5.82 Å². The lowest BCUT2D eigenvalue weighted by molar-refractivity contribution is 0.866. The van der Waals surface area contributed by atoms with E-state index in [1.165, 1.54) is 5.56 Å². The van der Waals surface area contributed by atoms with E-state index in [1.54, 1.807) is 12.4 Å². The fraction of sp³-hybridized carbons (Fsp3) is 0.100. The molecule has 0 aliphatic heterocycles. The van der Waals surface area contributed by atoms with Gasteiger partial charge in [-0.2, -0.15) is 10.1 Å². The van der Waals surface area contributed by atoms with Crippen molar-refractivity contribution in [3.63, 3.8) is 0 Å². The van der Waals surface area contributed by atoms with Crippen LogP contribution in [0.25, 0.3) is 10.9 Å². The normalized spacial score (nSPS) is 10.7. The van der Waals surface area contributed by atoms with Crippen LogP contribution in [0.15, 0.2) is 73.1 Å². The van der Waals surface area contributed by atoms with E-state index in [2.05, 4.69) is 37.6 Å². The average Bonchev–Trinajstić information content (AvgIpc) is 2.69. The van der Waals surface area contributed by atoms with E-state index in [-0.39, 0.29) is 0 Å². The smallest absolute Gasteiger partial charge is 0.249 e. The molecule has 0 saturated carbocycles. The Morgan fingerprint density at radius 1 is 0.962 bits per heavy atom. The summed E-state index contributed by atoms with van der Waals surface area (Å²) in [5.41, 5.74) is 2.94. The monoisotopic (exact) mass is 342 g/mol. The molecule has 6 heteroatoms. The van der Waals surface area contributed by atoms with Gasteiger partial charge in [-0.3, -0.25) is 4.98 Å². The quantitative estimate of drug-likeness (QED) is 0.595. The number of fused-ring (bicyclic) bond motifs is 1. The van der Waals surface area contributed by atoms with E-state index < -0.39 is 0 Å². The first kappa shape index (κ1) is 16.0. The molecular formula is C20H18N6. The summed E-state index contributed by atoms with van der Waals surface area (Å²) in [6, 6.07) is 20.2. The minimum Gasteiger partial charge on any atom is -0.354 e. The van der Waals surface area contributed by atoms with Crippen LogP contribution in [0.2, 0.25) is 0 Å². The minimum atomic E-state index is 0.445. The number of benzene rings is 2. The fourth-order valence-corrected chi connectivity index (χ4v) is 2.80. The van der Waals surface area contributed by atoms with Gasteiger partial charge in [0.2, 0.25) is 5.95 Å². The molecule has 6 nitrogen and oxygen atoms in total. The van der Waals surface area contributed by atoms with Gasteiger partial charge in [-0.15, -0.1) is 5.10 Å². The van der Waals surface area contributed by atoms with E-state index in [0.29, 0.717) is 5.95 Å². The predicted octanol–water partition coefficient (Wildman–Crippen LogP) is 3.80. The topological polar surface area (TPSA) is 66.8 Å². The molecule has 0 unspecified atom stereocenters. The maximum absolute atomic E-state index is 4.58. The highest BCUT2D eigenvalue weighted by Gasteiger charge is 2.08. The summed E-state index contributed by atoms with van der Waals surface area (Å²) in [6.45, 7) is 0.745. The summed E-state index contributed by atoms with van der Waals surface area (Å²) in [7, 11) is 1.99. The second kappa shape index (κ2) is 7.14. The van der Waals surface area contributed by atoms with Crippen LogP contribution in [0, 0.1) is 0 Å². The molecule has 26 heavy (non-hydrogen) atoms. The standard InChI is InChI=1S/C20H18N6/c1-26(14-15-7-3-2-4-8-15)18-13-22-25-20(24-18)23-17-11-5-9-16-10-6-12-21-19(16)17/h2-13H,14H2,1H3,(H,23,24,25). The van der Waals surface area contributed by atoms with Crippen LogP contribution in [0.3, 0.4) is 0 Å². The molecule has 0 spiro atoms. The molecule has 2 aromatic heterocycles. The molecule has 0 aliphatic carbocycles. The van der Waals surface area contributed by atoms with Gasteiger partial charge in [-0.05, 0) is 17.7 Å². The number of nitrogens with one attached hydrogen (secondary N) is 1. The van der Waals surface area contributed by atoms with Gasteiger partial charge in [-0.25, -0.2) is 0 Å². The summed E-state index contributed by atoms with van der Waals surface area (Å²) in [4.78, 5) is 11.1. The van der Waals surface area contributed by atoms with Gasteiger partial charge in [0.1, 0.15) is 0 Å². The maximum atomic E-state index is 4.58. The zero-order valence-electron chi connectivity index (χ0n) is 14.4. The highest BCUT2D eigenvalue weighted by Crippen LogP contribution is 2.23. The minimum absolute atomic E-state index is 0.445. The Morgan fingerprint density at radius 3 is 2.69 bits per heavy atom. The number of para-hydroxylation sites is 1. The van der Waals surface area contributed by atoms with E-state index in [4.69, 9.17) is 0 Å². The number of hydrogen-bond acceptors (Lipinski definition) is 6. The van der Waals surface area contributed by atoms with Crippen molar-refractivity contribution in [1.29, 1.82) is 0 Å². The van der Waals surface area contributed by atoms with Crippen molar-refractivity contribution in [2.24, 2.45) is 0 Å². The van der Waals surface area contributed by atoms with Crippen molar-refractivity contribution < 1.29 is 0 Å². The third-order valence-corrected chi connectivity index (χ3v) is 4.08. The highest BCUT2D eigenvalue weighted by molar-refractivity contribution is 5.91. The molecule has 0 radical (unpaired) electrons. The van der Waals surface area contributed by atoms with Gasteiger partial charge < -0.3 is 10.2 Å². The van der Waals surface area contributed by atoms with Crippen molar-refractivity contribution in [2.75, 3.05) is 17.3 Å². The Hall–Kier alpha value is -3.54. The van der Waals surface area contributed by atoms with E-state index in [9.17, 15) is 0 Å². The van der Waals surface area contributed by atoms with Crippen LogP contribution < -0.4 is 10.2 Å². The summed E-state index contributed by atoms with van der Waals surface area (Å²) in [5, 5.41) is 12.5. The predicted molar refractivity (Wildman–Crippen MR) is 103 cm³/mol. The molecule has 4 aromatic rings. The first-order valence-electron chi connectivity index (χ1n) is 8.35. The van der Waals surface area contributed by atoms with Gasteiger partial charge >= 0.3 is 0 Å². The Labute approximate surface area is 151 Å². The van der Waals surface area contributed by atoms with Crippen LogP contribution >= 0.6 is 0 Å². The summed E-state index contributed by atoms with van der Waals surface area (Å²) in [5.74, 6) is 1.19.